The zero-order chi connectivity index (χ0) is 22.1. The van der Waals surface area contributed by atoms with Crippen LogP contribution in [0.4, 0.5) is 5.69 Å². The Morgan fingerprint density at radius 1 is 0.969 bits per heavy atom. The van der Waals surface area contributed by atoms with Crippen LogP contribution in [0.25, 0.3) is 22.0 Å². The van der Waals surface area contributed by atoms with Gasteiger partial charge < -0.3 is 19.5 Å². The molecule has 1 N–H and O–H groups in total. The summed E-state index contributed by atoms with van der Waals surface area (Å²) in [5.41, 5.74) is 4.69. The van der Waals surface area contributed by atoms with Crippen LogP contribution in [-0.2, 0) is 4.79 Å². The first-order chi connectivity index (χ1) is 15.6. The number of amides is 1. The van der Waals surface area contributed by atoms with Crippen molar-refractivity contribution in [3.8, 4) is 28.6 Å². The molecular weight excluding hydrogens is 406 g/mol. The Morgan fingerprint density at radius 3 is 2.66 bits per heavy atom. The average Bonchev–Trinajstić information content (AvgIpc) is 3.27. The highest BCUT2D eigenvalue weighted by Crippen LogP contribution is 2.35. The van der Waals surface area contributed by atoms with E-state index >= 15 is 0 Å². The van der Waals surface area contributed by atoms with Crippen LogP contribution < -0.4 is 19.5 Å². The smallest absolute Gasteiger partial charge is 0.262 e. The maximum atomic E-state index is 12.4. The lowest BCUT2D eigenvalue weighted by atomic mass is 9.99. The van der Waals surface area contributed by atoms with E-state index in [0.29, 0.717) is 23.1 Å². The molecule has 1 aliphatic heterocycles. The van der Waals surface area contributed by atoms with E-state index in [4.69, 9.17) is 14.2 Å². The molecule has 7 nitrogen and oxygen atoms in total. The van der Waals surface area contributed by atoms with E-state index in [2.05, 4.69) is 47.6 Å². The van der Waals surface area contributed by atoms with Crippen molar-refractivity contribution in [1.29, 1.82) is 0 Å². The van der Waals surface area contributed by atoms with Gasteiger partial charge in [-0.05, 0) is 43.7 Å². The molecule has 2 heterocycles. The van der Waals surface area contributed by atoms with Crippen LogP contribution in [0.5, 0.6) is 17.4 Å². The SMILES string of the molecule is Cc1ccc(C)c(-c2nnc(OCC(=O)Nc3ccc4c(c3)OCO4)c3ccccc23)c1. The van der Waals surface area contributed by atoms with Gasteiger partial charge in [0.2, 0.25) is 12.7 Å². The van der Waals surface area contributed by atoms with Gasteiger partial charge in [0.15, 0.2) is 18.1 Å². The molecule has 0 saturated carbocycles. The van der Waals surface area contributed by atoms with Gasteiger partial charge in [-0.1, -0.05) is 35.9 Å². The Labute approximate surface area is 185 Å². The lowest BCUT2D eigenvalue weighted by Crippen LogP contribution is -2.20. The summed E-state index contributed by atoms with van der Waals surface area (Å²) in [6.45, 7) is 4.08. The number of benzene rings is 3. The molecular formula is C25H21N3O4. The van der Waals surface area contributed by atoms with Gasteiger partial charge in [-0.15, -0.1) is 10.2 Å². The second kappa shape index (κ2) is 8.19. The summed E-state index contributed by atoms with van der Waals surface area (Å²) in [7, 11) is 0. The molecule has 0 atom stereocenters. The predicted octanol–water partition coefficient (Wildman–Crippen LogP) is 4.66. The molecule has 0 unspecified atom stereocenters. The summed E-state index contributed by atoms with van der Waals surface area (Å²) in [6.07, 6.45) is 0. The van der Waals surface area contributed by atoms with Crippen molar-refractivity contribution in [2.45, 2.75) is 13.8 Å². The second-order valence-corrected chi connectivity index (χ2v) is 7.62. The molecule has 5 rings (SSSR count). The zero-order valence-corrected chi connectivity index (χ0v) is 17.7. The van der Waals surface area contributed by atoms with E-state index in [1.165, 1.54) is 0 Å². The minimum Gasteiger partial charge on any atom is -0.466 e. The number of aryl methyl sites for hydroxylation is 2. The van der Waals surface area contributed by atoms with Gasteiger partial charge in [0.25, 0.3) is 5.91 Å². The highest BCUT2D eigenvalue weighted by molar-refractivity contribution is 5.98. The maximum Gasteiger partial charge on any atom is 0.262 e. The van der Waals surface area contributed by atoms with Crippen LogP contribution in [0.15, 0.2) is 60.7 Å². The monoisotopic (exact) mass is 427 g/mol. The standard InChI is InChI=1S/C25H21N3O4/c1-15-7-8-16(2)20(11-15)24-18-5-3-4-6-19(18)25(28-27-24)30-13-23(29)26-17-9-10-21-22(12-17)32-14-31-21/h3-12H,13-14H2,1-2H3,(H,26,29). The Kier molecular flexibility index (Phi) is 5.07. The number of hydrogen-bond donors (Lipinski definition) is 1. The summed E-state index contributed by atoms with van der Waals surface area (Å²) >= 11 is 0. The lowest BCUT2D eigenvalue weighted by molar-refractivity contribution is -0.118. The van der Waals surface area contributed by atoms with Crippen molar-refractivity contribution in [1.82, 2.24) is 10.2 Å². The molecule has 0 bridgehead atoms. The normalized spacial score (nSPS) is 12.1. The van der Waals surface area contributed by atoms with Crippen LogP contribution >= 0.6 is 0 Å². The van der Waals surface area contributed by atoms with Crippen LogP contribution in [0.3, 0.4) is 0 Å². The van der Waals surface area contributed by atoms with Gasteiger partial charge >= 0.3 is 0 Å². The third-order valence-electron chi connectivity index (χ3n) is 5.30. The molecule has 0 fully saturated rings. The van der Waals surface area contributed by atoms with Crippen LogP contribution in [0, 0.1) is 13.8 Å². The van der Waals surface area contributed by atoms with Gasteiger partial charge in [-0.25, -0.2) is 0 Å². The number of carbonyl (C=O) groups is 1. The van der Waals surface area contributed by atoms with E-state index < -0.39 is 0 Å². The van der Waals surface area contributed by atoms with Crippen LogP contribution in [-0.4, -0.2) is 29.5 Å². The van der Waals surface area contributed by atoms with E-state index in [9.17, 15) is 4.79 Å². The number of ether oxygens (including phenoxy) is 3. The van der Waals surface area contributed by atoms with Crippen molar-refractivity contribution >= 4 is 22.4 Å². The number of aromatic nitrogens is 2. The molecule has 4 aromatic rings. The average molecular weight is 427 g/mol. The van der Waals surface area contributed by atoms with Crippen LogP contribution in [0.1, 0.15) is 11.1 Å². The molecule has 3 aromatic carbocycles. The van der Waals surface area contributed by atoms with Gasteiger partial charge in [-0.2, -0.15) is 0 Å². The minimum atomic E-state index is -0.312. The summed E-state index contributed by atoms with van der Waals surface area (Å²) < 4.78 is 16.4. The fraction of sp³-hybridized carbons (Fsp3) is 0.160. The number of carbonyl (C=O) groups excluding carboxylic acids is 1. The summed E-state index contributed by atoms with van der Waals surface area (Å²) in [5.74, 6) is 1.26. The number of nitrogens with zero attached hydrogens (tertiary/aromatic N) is 2. The van der Waals surface area contributed by atoms with Gasteiger partial charge in [0, 0.05) is 28.1 Å². The van der Waals surface area contributed by atoms with Gasteiger partial charge in [-0.3, -0.25) is 4.79 Å². The topological polar surface area (TPSA) is 82.6 Å². The third-order valence-corrected chi connectivity index (χ3v) is 5.30. The number of rotatable bonds is 5. The molecule has 160 valence electrons. The van der Waals surface area contributed by atoms with Crippen molar-refractivity contribution in [3.05, 3.63) is 71.8 Å². The fourth-order valence-electron chi connectivity index (χ4n) is 3.68. The third kappa shape index (κ3) is 3.80. The number of anilines is 1. The number of hydrogen-bond acceptors (Lipinski definition) is 6. The van der Waals surface area contributed by atoms with Crippen LogP contribution in [0.2, 0.25) is 0 Å². The predicted molar refractivity (Wildman–Crippen MR) is 121 cm³/mol. The van der Waals surface area contributed by atoms with E-state index in [1.807, 2.05) is 24.3 Å². The quantitative estimate of drug-likeness (QED) is 0.499. The Bertz CT molecular complexity index is 1340. The Balaban J connectivity index is 1.37. The van der Waals surface area contributed by atoms with Crippen molar-refractivity contribution in [2.75, 3.05) is 18.7 Å². The highest BCUT2D eigenvalue weighted by Gasteiger charge is 2.16. The molecule has 0 radical (unpaired) electrons. The van der Waals surface area contributed by atoms with Gasteiger partial charge in [0.1, 0.15) is 5.69 Å². The Hall–Kier alpha value is -4.13. The molecule has 0 saturated heterocycles. The first kappa shape index (κ1) is 19.8. The largest absolute Gasteiger partial charge is 0.466 e. The maximum absolute atomic E-state index is 12.4. The number of nitrogens with one attached hydrogen (secondary N) is 1. The molecule has 7 heteroatoms. The second-order valence-electron chi connectivity index (χ2n) is 7.62. The fourth-order valence-corrected chi connectivity index (χ4v) is 3.68. The summed E-state index contributed by atoms with van der Waals surface area (Å²) in [5, 5.41) is 13.2. The molecule has 1 aliphatic rings. The molecule has 0 aliphatic carbocycles. The Morgan fingerprint density at radius 2 is 1.78 bits per heavy atom. The zero-order valence-electron chi connectivity index (χ0n) is 17.7. The van der Waals surface area contributed by atoms with E-state index in [-0.39, 0.29) is 19.3 Å². The molecule has 0 spiro atoms. The lowest BCUT2D eigenvalue weighted by Gasteiger charge is -2.12. The highest BCUT2D eigenvalue weighted by atomic mass is 16.7. The molecule has 1 aromatic heterocycles. The van der Waals surface area contributed by atoms with Crippen molar-refractivity contribution in [2.24, 2.45) is 0 Å². The van der Waals surface area contributed by atoms with E-state index in [0.717, 1.165) is 33.2 Å². The number of fused-ring (bicyclic) bond motifs is 2. The first-order valence-corrected chi connectivity index (χ1v) is 10.2. The van der Waals surface area contributed by atoms with Gasteiger partial charge in [0.05, 0.1) is 0 Å². The summed E-state index contributed by atoms with van der Waals surface area (Å²) in [4.78, 5) is 12.4. The summed E-state index contributed by atoms with van der Waals surface area (Å²) in [6, 6.07) is 19.2. The molecule has 1 amide bonds. The first-order valence-electron chi connectivity index (χ1n) is 10.2. The molecule has 32 heavy (non-hydrogen) atoms. The van der Waals surface area contributed by atoms with Crippen molar-refractivity contribution in [3.63, 3.8) is 0 Å². The van der Waals surface area contributed by atoms with Crippen molar-refractivity contribution < 1.29 is 19.0 Å². The minimum absolute atomic E-state index is 0.180. The van der Waals surface area contributed by atoms with E-state index in [1.54, 1.807) is 18.2 Å².